The van der Waals surface area contributed by atoms with E-state index in [0.29, 0.717) is 6.04 Å². The third-order valence-corrected chi connectivity index (χ3v) is 4.58. The molecule has 1 fully saturated rings. The third-order valence-electron chi connectivity index (χ3n) is 4.58. The van der Waals surface area contributed by atoms with Crippen molar-refractivity contribution in [1.82, 2.24) is 20.4 Å². The van der Waals surface area contributed by atoms with Crippen LogP contribution in [0.1, 0.15) is 37.3 Å². The summed E-state index contributed by atoms with van der Waals surface area (Å²) in [4.78, 5) is 4.36. The number of benzene rings is 1. The van der Waals surface area contributed by atoms with Crippen LogP contribution >= 0.6 is 24.0 Å². The Labute approximate surface area is 167 Å². The maximum Gasteiger partial charge on any atom is 0.191 e. The van der Waals surface area contributed by atoms with E-state index in [4.69, 9.17) is 0 Å². The van der Waals surface area contributed by atoms with Crippen molar-refractivity contribution in [3.63, 3.8) is 0 Å². The second-order valence-corrected chi connectivity index (χ2v) is 6.43. The first kappa shape index (κ1) is 19.8. The fourth-order valence-electron chi connectivity index (χ4n) is 3.12. The van der Waals surface area contributed by atoms with Crippen LogP contribution < -0.4 is 10.6 Å². The molecule has 136 valence electrons. The number of hydrogen-bond acceptors (Lipinski definition) is 2. The minimum atomic E-state index is 0. The highest BCUT2D eigenvalue weighted by Gasteiger charge is 2.36. The number of nitrogens with one attached hydrogen (secondary N) is 2. The molecular weight excluding hydrogens is 425 g/mol. The van der Waals surface area contributed by atoms with E-state index in [1.54, 1.807) is 0 Å². The molecule has 1 aromatic heterocycles. The third kappa shape index (κ3) is 5.73. The molecule has 2 atom stereocenters. The summed E-state index contributed by atoms with van der Waals surface area (Å²) in [5, 5.41) is 11.3. The van der Waals surface area contributed by atoms with Gasteiger partial charge in [-0.05, 0) is 36.0 Å². The predicted molar refractivity (Wildman–Crippen MR) is 113 cm³/mol. The van der Waals surface area contributed by atoms with Crippen molar-refractivity contribution in [2.75, 3.05) is 7.05 Å². The highest BCUT2D eigenvalue weighted by atomic mass is 127. The van der Waals surface area contributed by atoms with Crippen molar-refractivity contribution in [2.24, 2.45) is 10.9 Å². The van der Waals surface area contributed by atoms with Gasteiger partial charge in [0.2, 0.25) is 0 Å². The lowest BCUT2D eigenvalue weighted by atomic mass is 10.1. The number of aromatic nitrogens is 2. The van der Waals surface area contributed by atoms with E-state index in [1.165, 1.54) is 30.4 Å². The zero-order chi connectivity index (χ0) is 16.8. The number of hydrogen-bond donors (Lipinski definition) is 2. The van der Waals surface area contributed by atoms with E-state index in [1.807, 2.05) is 30.2 Å². The maximum absolute atomic E-state index is 4.36. The molecule has 0 spiro atoms. The van der Waals surface area contributed by atoms with Crippen molar-refractivity contribution >= 4 is 29.9 Å². The standard InChI is InChI=1S/C19H27N5.HI/c1-3-7-15-12-18(15)23-19(20-2)21-13-16-8-4-5-9-17(16)14-24-11-6-10-22-24;/h4-6,8-11,15,18H,3,7,12-14H2,1-2H3,(H2,20,21,23);1H. The molecule has 0 aliphatic heterocycles. The molecule has 0 saturated heterocycles. The molecule has 6 heteroatoms. The normalized spacial score (nSPS) is 19.2. The Balaban J connectivity index is 0.00000225. The van der Waals surface area contributed by atoms with Gasteiger partial charge in [-0.15, -0.1) is 24.0 Å². The lowest BCUT2D eigenvalue weighted by molar-refractivity contribution is 0.653. The summed E-state index contributed by atoms with van der Waals surface area (Å²) in [6.07, 6.45) is 7.64. The quantitative estimate of drug-likeness (QED) is 0.384. The van der Waals surface area contributed by atoms with Crippen molar-refractivity contribution in [3.05, 3.63) is 53.9 Å². The molecule has 0 bridgehead atoms. The molecule has 3 rings (SSSR count). The van der Waals surface area contributed by atoms with Gasteiger partial charge >= 0.3 is 0 Å². The molecule has 5 nitrogen and oxygen atoms in total. The Bertz CT molecular complexity index is 668. The van der Waals surface area contributed by atoms with Gasteiger partial charge < -0.3 is 10.6 Å². The minimum Gasteiger partial charge on any atom is -0.353 e. The Hall–Kier alpha value is -1.57. The fourth-order valence-corrected chi connectivity index (χ4v) is 3.12. The Morgan fingerprint density at radius 3 is 2.76 bits per heavy atom. The first-order chi connectivity index (χ1) is 11.8. The van der Waals surface area contributed by atoms with Crippen molar-refractivity contribution in [3.8, 4) is 0 Å². The molecule has 25 heavy (non-hydrogen) atoms. The molecule has 2 aromatic rings. The number of guanidine groups is 1. The molecule has 2 unspecified atom stereocenters. The van der Waals surface area contributed by atoms with E-state index in [9.17, 15) is 0 Å². The average molecular weight is 453 g/mol. The van der Waals surface area contributed by atoms with Gasteiger partial charge in [0.05, 0.1) is 6.54 Å². The van der Waals surface area contributed by atoms with Crippen LogP contribution in [0.25, 0.3) is 0 Å². The molecule has 1 aliphatic rings. The SMILES string of the molecule is CCCC1CC1NC(=NC)NCc1ccccc1Cn1cccn1.I. The van der Waals surface area contributed by atoms with Crippen LogP contribution in [-0.2, 0) is 13.1 Å². The van der Waals surface area contributed by atoms with E-state index in [0.717, 1.165) is 25.0 Å². The topological polar surface area (TPSA) is 54.2 Å². The van der Waals surface area contributed by atoms with Crippen LogP contribution in [0.2, 0.25) is 0 Å². The van der Waals surface area contributed by atoms with E-state index in [2.05, 4.69) is 51.9 Å². The molecule has 1 aliphatic carbocycles. The fraction of sp³-hybridized carbons (Fsp3) is 0.474. The lowest BCUT2D eigenvalue weighted by Crippen LogP contribution is -2.38. The van der Waals surface area contributed by atoms with Gasteiger partial charge in [0.1, 0.15) is 0 Å². The van der Waals surface area contributed by atoms with Gasteiger partial charge in [-0.1, -0.05) is 37.6 Å². The highest BCUT2D eigenvalue weighted by Crippen LogP contribution is 2.34. The number of aliphatic imine (C=N–C) groups is 1. The number of halogens is 1. The monoisotopic (exact) mass is 453 g/mol. The smallest absolute Gasteiger partial charge is 0.191 e. The van der Waals surface area contributed by atoms with Gasteiger partial charge in [0, 0.05) is 32.0 Å². The molecule has 0 amide bonds. The summed E-state index contributed by atoms with van der Waals surface area (Å²) in [5.41, 5.74) is 2.55. The van der Waals surface area contributed by atoms with E-state index >= 15 is 0 Å². The summed E-state index contributed by atoms with van der Waals surface area (Å²) < 4.78 is 1.95. The van der Waals surface area contributed by atoms with Gasteiger partial charge in [0.25, 0.3) is 0 Å². The maximum atomic E-state index is 4.36. The minimum absolute atomic E-state index is 0. The van der Waals surface area contributed by atoms with Gasteiger partial charge in [-0.25, -0.2) is 0 Å². The first-order valence-electron chi connectivity index (χ1n) is 8.81. The van der Waals surface area contributed by atoms with Crippen molar-refractivity contribution in [2.45, 2.75) is 45.3 Å². The zero-order valence-corrected chi connectivity index (χ0v) is 17.3. The van der Waals surface area contributed by atoms with Crippen LogP contribution in [0.15, 0.2) is 47.7 Å². The molecular formula is C19H28IN5. The van der Waals surface area contributed by atoms with Crippen LogP contribution in [-0.4, -0.2) is 28.8 Å². The van der Waals surface area contributed by atoms with Crippen LogP contribution in [0.3, 0.4) is 0 Å². The largest absolute Gasteiger partial charge is 0.353 e. The summed E-state index contributed by atoms with van der Waals surface area (Å²) in [7, 11) is 1.84. The first-order valence-corrected chi connectivity index (χ1v) is 8.81. The second kappa shape index (κ2) is 9.79. The van der Waals surface area contributed by atoms with Gasteiger partial charge in [0.15, 0.2) is 5.96 Å². The van der Waals surface area contributed by atoms with Crippen molar-refractivity contribution in [1.29, 1.82) is 0 Å². The van der Waals surface area contributed by atoms with Gasteiger partial charge in [-0.3, -0.25) is 9.67 Å². The number of rotatable bonds is 7. The molecule has 0 radical (unpaired) electrons. The molecule has 1 saturated carbocycles. The van der Waals surface area contributed by atoms with Crippen LogP contribution in [0, 0.1) is 5.92 Å². The summed E-state index contributed by atoms with van der Waals surface area (Å²) in [5.74, 6) is 1.72. The summed E-state index contributed by atoms with van der Waals surface area (Å²) in [6, 6.07) is 11.0. The highest BCUT2D eigenvalue weighted by molar-refractivity contribution is 14.0. The summed E-state index contributed by atoms with van der Waals surface area (Å²) in [6.45, 7) is 3.80. The average Bonchev–Trinajstić information content (AvgIpc) is 3.11. The Kier molecular flexibility index (Phi) is 7.74. The number of nitrogens with zero attached hydrogens (tertiary/aromatic N) is 3. The van der Waals surface area contributed by atoms with Crippen LogP contribution in [0.5, 0.6) is 0 Å². The van der Waals surface area contributed by atoms with Gasteiger partial charge in [-0.2, -0.15) is 5.10 Å². The summed E-state index contributed by atoms with van der Waals surface area (Å²) >= 11 is 0. The lowest BCUT2D eigenvalue weighted by Gasteiger charge is -2.14. The molecule has 1 aromatic carbocycles. The molecule has 2 N–H and O–H groups in total. The van der Waals surface area contributed by atoms with E-state index < -0.39 is 0 Å². The Morgan fingerprint density at radius 2 is 2.08 bits per heavy atom. The second-order valence-electron chi connectivity index (χ2n) is 6.43. The predicted octanol–water partition coefficient (Wildman–Crippen LogP) is 3.40. The molecule has 1 heterocycles. The Morgan fingerprint density at radius 1 is 1.28 bits per heavy atom. The zero-order valence-electron chi connectivity index (χ0n) is 15.0. The van der Waals surface area contributed by atoms with E-state index in [-0.39, 0.29) is 24.0 Å². The van der Waals surface area contributed by atoms with Crippen molar-refractivity contribution < 1.29 is 0 Å². The van der Waals surface area contributed by atoms with Crippen LogP contribution in [0.4, 0.5) is 0 Å².